The van der Waals surface area contributed by atoms with E-state index >= 15 is 0 Å². The second kappa shape index (κ2) is 5.32. The van der Waals surface area contributed by atoms with Crippen LogP contribution in [0.5, 0.6) is 0 Å². The van der Waals surface area contributed by atoms with Crippen LogP contribution < -0.4 is 0 Å². The lowest BCUT2D eigenvalue weighted by Gasteiger charge is -2.01. The number of nitrogens with zero attached hydrogens (tertiary/aromatic N) is 5. The lowest BCUT2D eigenvalue weighted by Crippen LogP contribution is -2.03. The molecule has 0 N–H and O–H groups in total. The Labute approximate surface area is 92.7 Å². The van der Waals surface area contributed by atoms with Crippen LogP contribution >= 0.6 is 0 Å². The molecule has 1 aromatic rings. The van der Waals surface area contributed by atoms with Gasteiger partial charge in [0, 0.05) is 6.08 Å². The number of hydrogen-bond acceptors (Lipinski definition) is 5. The van der Waals surface area contributed by atoms with Gasteiger partial charge in [-0.15, -0.1) is 4.80 Å². The quantitative estimate of drug-likeness (QED) is 0.426. The summed E-state index contributed by atoms with van der Waals surface area (Å²) in [4.78, 5) is 1.28. The molecule has 1 heterocycles. The minimum Gasteiger partial charge on any atom is -0.480 e. The average Bonchev–Trinajstić information content (AvgIpc) is 2.71. The Morgan fingerprint density at radius 1 is 1.44 bits per heavy atom. The van der Waals surface area contributed by atoms with Crippen molar-refractivity contribution in [1.82, 2.24) is 15.0 Å². The number of aromatic nitrogens is 3. The van der Waals surface area contributed by atoms with Gasteiger partial charge in [-0.1, -0.05) is 0 Å². The Bertz CT molecular complexity index is 496. The molecule has 0 saturated heterocycles. The number of allylic oxidation sites excluding steroid dienone is 3. The molecule has 0 atom stereocenters. The monoisotopic (exact) mass is 215 g/mol. The van der Waals surface area contributed by atoms with Crippen molar-refractivity contribution in [3.8, 4) is 12.1 Å². The molecule has 1 rings (SSSR count). The van der Waals surface area contributed by atoms with Crippen molar-refractivity contribution in [3.05, 3.63) is 29.6 Å². The molecule has 16 heavy (non-hydrogen) atoms. The fraction of sp³-hybridized carbons (Fsp3) is 0.200. The van der Waals surface area contributed by atoms with Crippen molar-refractivity contribution in [2.24, 2.45) is 0 Å². The number of rotatable bonds is 3. The lowest BCUT2D eigenvalue weighted by atomic mass is 10.3. The molecule has 0 bridgehead atoms. The second-order valence-corrected chi connectivity index (χ2v) is 2.79. The molecule has 0 aliphatic rings. The Morgan fingerprint density at radius 2 is 2.12 bits per heavy atom. The zero-order valence-corrected chi connectivity index (χ0v) is 8.88. The summed E-state index contributed by atoms with van der Waals surface area (Å²) in [5, 5.41) is 25.0. The van der Waals surface area contributed by atoms with Gasteiger partial charge in [0.2, 0.25) is 5.88 Å². The van der Waals surface area contributed by atoms with Gasteiger partial charge in [0.25, 0.3) is 0 Å². The molecule has 0 saturated carbocycles. The van der Waals surface area contributed by atoms with E-state index < -0.39 is 0 Å². The highest BCUT2D eigenvalue weighted by Crippen LogP contribution is 2.04. The molecule has 0 aromatic carbocycles. The van der Waals surface area contributed by atoms with Gasteiger partial charge in [0.15, 0.2) is 0 Å². The Hall–Kier alpha value is -2.60. The van der Waals surface area contributed by atoms with Crippen LogP contribution in [-0.2, 0) is 4.74 Å². The Morgan fingerprint density at radius 3 is 2.56 bits per heavy atom. The summed E-state index contributed by atoms with van der Waals surface area (Å²) in [6.45, 7) is 1.79. The molecule has 6 nitrogen and oxygen atoms in total. The molecular weight excluding hydrogens is 206 g/mol. The summed E-state index contributed by atoms with van der Waals surface area (Å²) >= 11 is 0. The highest BCUT2D eigenvalue weighted by molar-refractivity contribution is 5.45. The molecule has 0 fully saturated rings. The highest BCUT2D eigenvalue weighted by atomic mass is 16.5. The molecule has 0 aliphatic heterocycles. The van der Waals surface area contributed by atoms with E-state index in [1.165, 1.54) is 24.1 Å². The third-order valence-corrected chi connectivity index (χ3v) is 1.65. The first-order valence-electron chi connectivity index (χ1n) is 4.36. The normalized spacial score (nSPS) is 10.1. The molecule has 80 valence electrons. The van der Waals surface area contributed by atoms with E-state index in [0.717, 1.165) is 5.69 Å². The van der Waals surface area contributed by atoms with Crippen molar-refractivity contribution >= 4 is 5.88 Å². The van der Waals surface area contributed by atoms with E-state index in [4.69, 9.17) is 15.3 Å². The Kier molecular flexibility index (Phi) is 3.82. The van der Waals surface area contributed by atoms with Gasteiger partial charge in [-0.2, -0.15) is 20.7 Å². The first-order valence-corrected chi connectivity index (χ1v) is 4.36. The van der Waals surface area contributed by atoms with Gasteiger partial charge in [-0.3, -0.25) is 0 Å². The molecule has 0 spiro atoms. The SMILES string of the molecule is CO/C(=C\C=C(C#N)C#N)n1ncc(C)n1. The first-order chi connectivity index (χ1) is 7.71. The van der Waals surface area contributed by atoms with Gasteiger partial charge in [0.05, 0.1) is 19.0 Å². The van der Waals surface area contributed by atoms with Crippen LogP contribution in [0.3, 0.4) is 0 Å². The number of nitriles is 2. The fourth-order valence-electron chi connectivity index (χ4n) is 0.916. The zero-order valence-electron chi connectivity index (χ0n) is 8.88. The van der Waals surface area contributed by atoms with Crippen LogP contribution in [0.4, 0.5) is 0 Å². The molecule has 0 aliphatic carbocycles. The van der Waals surface area contributed by atoms with Gasteiger partial charge < -0.3 is 4.74 Å². The number of hydrogen-bond donors (Lipinski definition) is 0. The molecule has 0 amide bonds. The van der Waals surface area contributed by atoms with Crippen LogP contribution in [0.15, 0.2) is 23.9 Å². The van der Waals surface area contributed by atoms with E-state index in [-0.39, 0.29) is 5.57 Å². The fourth-order valence-corrected chi connectivity index (χ4v) is 0.916. The van der Waals surface area contributed by atoms with E-state index in [1.807, 2.05) is 0 Å². The van der Waals surface area contributed by atoms with E-state index in [1.54, 1.807) is 25.3 Å². The van der Waals surface area contributed by atoms with E-state index in [0.29, 0.717) is 5.88 Å². The first kappa shape index (κ1) is 11.5. The van der Waals surface area contributed by atoms with Crippen molar-refractivity contribution in [1.29, 1.82) is 10.5 Å². The van der Waals surface area contributed by atoms with Crippen molar-refractivity contribution in [2.45, 2.75) is 6.92 Å². The maximum Gasteiger partial charge on any atom is 0.232 e. The highest BCUT2D eigenvalue weighted by Gasteiger charge is 2.02. The molecular formula is C10H9N5O. The standard InChI is InChI=1S/C10H9N5O/c1-8-7-13-15(14-8)10(16-2)4-3-9(5-11)6-12/h3-4,7H,1-2H3/b10-4-. The largest absolute Gasteiger partial charge is 0.480 e. The molecule has 1 aromatic heterocycles. The molecule has 6 heteroatoms. The third kappa shape index (κ3) is 2.69. The van der Waals surface area contributed by atoms with Crippen LogP contribution in [0.2, 0.25) is 0 Å². The van der Waals surface area contributed by atoms with E-state index in [2.05, 4.69) is 10.2 Å². The minimum atomic E-state index is -0.0153. The summed E-state index contributed by atoms with van der Waals surface area (Å²) in [5.74, 6) is 0.330. The zero-order chi connectivity index (χ0) is 12.0. The predicted octanol–water partition coefficient (Wildman–Crippen LogP) is 1.00. The predicted molar refractivity (Wildman–Crippen MR) is 55.4 cm³/mol. The summed E-state index contributed by atoms with van der Waals surface area (Å²) in [6.07, 6.45) is 4.38. The van der Waals surface area contributed by atoms with Crippen molar-refractivity contribution in [2.75, 3.05) is 7.11 Å². The smallest absolute Gasteiger partial charge is 0.232 e. The Balaban J connectivity index is 3.01. The lowest BCUT2D eigenvalue weighted by molar-refractivity contribution is 0.327. The van der Waals surface area contributed by atoms with Gasteiger partial charge in [0.1, 0.15) is 17.7 Å². The van der Waals surface area contributed by atoms with Crippen LogP contribution in [0.25, 0.3) is 5.88 Å². The van der Waals surface area contributed by atoms with Gasteiger partial charge in [-0.05, 0) is 13.0 Å². The van der Waals surface area contributed by atoms with Crippen LogP contribution in [0, 0.1) is 29.6 Å². The maximum atomic E-state index is 8.54. The third-order valence-electron chi connectivity index (χ3n) is 1.65. The number of methoxy groups -OCH3 is 1. The maximum absolute atomic E-state index is 8.54. The minimum absolute atomic E-state index is 0.0153. The van der Waals surface area contributed by atoms with Crippen molar-refractivity contribution < 1.29 is 4.74 Å². The van der Waals surface area contributed by atoms with E-state index in [9.17, 15) is 0 Å². The van der Waals surface area contributed by atoms with Gasteiger partial charge in [-0.25, -0.2) is 0 Å². The number of aryl methyl sites for hydroxylation is 1. The van der Waals surface area contributed by atoms with Crippen LogP contribution in [-0.4, -0.2) is 22.1 Å². The topological polar surface area (TPSA) is 87.5 Å². The second-order valence-electron chi connectivity index (χ2n) is 2.79. The summed E-state index contributed by atoms with van der Waals surface area (Å²) in [5.41, 5.74) is 0.728. The van der Waals surface area contributed by atoms with Crippen LogP contribution in [0.1, 0.15) is 5.69 Å². The molecule has 0 radical (unpaired) electrons. The molecule has 0 unspecified atom stereocenters. The average molecular weight is 215 g/mol. The van der Waals surface area contributed by atoms with Gasteiger partial charge >= 0.3 is 0 Å². The summed E-state index contributed by atoms with van der Waals surface area (Å²) < 4.78 is 5.02. The summed E-state index contributed by atoms with van der Waals surface area (Å²) in [7, 11) is 1.46. The number of ether oxygens (including phenoxy) is 1. The summed E-state index contributed by atoms with van der Waals surface area (Å²) in [6, 6.07) is 3.48. The van der Waals surface area contributed by atoms with Crippen molar-refractivity contribution in [3.63, 3.8) is 0 Å².